The van der Waals surface area contributed by atoms with Crippen LogP contribution in [0.2, 0.25) is 5.02 Å². The number of aromatic carboxylic acids is 1. The Bertz CT molecular complexity index is 841. The fourth-order valence-electron chi connectivity index (χ4n) is 3.97. The van der Waals surface area contributed by atoms with Crippen molar-refractivity contribution in [1.29, 1.82) is 0 Å². The predicted octanol–water partition coefficient (Wildman–Crippen LogP) is 3.84. The number of allylic oxidation sites excluding steroid dienone is 2. The molecule has 122 valence electrons. The Morgan fingerprint density at radius 1 is 1.21 bits per heavy atom. The van der Waals surface area contributed by atoms with Gasteiger partial charge in [0, 0.05) is 22.2 Å². The van der Waals surface area contributed by atoms with Crippen molar-refractivity contribution in [3.8, 4) is 0 Å². The maximum Gasteiger partial charge on any atom is 0.0715 e. The zero-order chi connectivity index (χ0) is 16.8. The Labute approximate surface area is 146 Å². The first-order valence-corrected chi connectivity index (χ1v) is 8.47. The summed E-state index contributed by atoms with van der Waals surface area (Å²) in [6.07, 6.45) is 5.44. The summed E-state index contributed by atoms with van der Waals surface area (Å²) in [5.41, 5.74) is 4.74. The number of carbonyl (C=O) groups is 1. The van der Waals surface area contributed by atoms with Gasteiger partial charge < -0.3 is 15.2 Å². The number of halogens is 1. The number of hydrogen-bond acceptors (Lipinski definition) is 3. The normalized spacial score (nSPS) is 24.2. The summed E-state index contributed by atoms with van der Waals surface area (Å²) < 4.78 is 0. The third-order valence-electron chi connectivity index (χ3n) is 5.18. The van der Waals surface area contributed by atoms with Crippen LogP contribution in [-0.2, 0) is 0 Å². The van der Waals surface area contributed by atoms with E-state index in [-0.39, 0.29) is 11.6 Å². The van der Waals surface area contributed by atoms with Crippen molar-refractivity contribution in [3.63, 3.8) is 0 Å². The molecule has 0 saturated heterocycles. The van der Waals surface area contributed by atoms with Gasteiger partial charge in [0.15, 0.2) is 0 Å². The van der Waals surface area contributed by atoms with E-state index in [0.29, 0.717) is 11.8 Å². The molecule has 0 fully saturated rings. The summed E-state index contributed by atoms with van der Waals surface area (Å²) in [4.78, 5) is 11.0. The number of anilines is 1. The van der Waals surface area contributed by atoms with Gasteiger partial charge in [-0.3, -0.25) is 0 Å². The van der Waals surface area contributed by atoms with E-state index >= 15 is 0 Å². The van der Waals surface area contributed by atoms with Crippen LogP contribution in [0.3, 0.4) is 0 Å². The molecular weight excluding hydrogens is 322 g/mol. The van der Waals surface area contributed by atoms with Gasteiger partial charge in [-0.05, 0) is 42.0 Å². The molecule has 0 spiro atoms. The van der Waals surface area contributed by atoms with Crippen molar-refractivity contribution in [1.82, 2.24) is 0 Å². The SMILES string of the molecule is Cc1ccc(Cl)c2c1N[C@H](c1ccc(C(=O)[O-])cc1)[C@@H]1CC=C[C@@H]21. The lowest BCUT2D eigenvalue weighted by atomic mass is 9.76. The minimum atomic E-state index is -1.15. The first kappa shape index (κ1) is 15.3. The number of hydrogen-bond donors (Lipinski definition) is 1. The summed E-state index contributed by atoms with van der Waals surface area (Å²) in [5.74, 6) is -0.475. The second-order valence-electron chi connectivity index (χ2n) is 6.54. The zero-order valence-electron chi connectivity index (χ0n) is 13.3. The Morgan fingerprint density at radius 3 is 2.67 bits per heavy atom. The van der Waals surface area contributed by atoms with E-state index in [0.717, 1.165) is 22.7 Å². The number of fused-ring (bicyclic) bond motifs is 3. The van der Waals surface area contributed by atoms with Gasteiger partial charge in [-0.1, -0.05) is 54.1 Å². The Morgan fingerprint density at radius 2 is 1.96 bits per heavy atom. The first-order valence-electron chi connectivity index (χ1n) is 8.10. The highest BCUT2D eigenvalue weighted by Crippen LogP contribution is 2.52. The van der Waals surface area contributed by atoms with Crippen LogP contribution in [0.5, 0.6) is 0 Å². The van der Waals surface area contributed by atoms with E-state index in [9.17, 15) is 9.90 Å². The Kier molecular flexibility index (Phi) is 3.61. The summed E-state index contributed by atoms with van der Waals surface area (Å²) in [7, 11) is 0. The number of carbonyl (C=O) groups excluding carboxylic acids is 1. The highest BCUT2D eigenvalue weighted by Gasteiger charge is 2.39. The topological polar surface area (TPSA) is 52.2 Å². The lowest BCUT2D eigenvalue weighted by molar-refractivity contribution is -0.255. The van der Waals surface area contributed by atoms with Crippen molar-refractivity contribution < 1.29 is 9.90 Å². The van der Waals surface area contributed by atoms with E-state index in [4.69, 9.17) is 11.6 Å². The Hall–Kier alpha value is -2.26. The van der Waals surface area contributed by atoms with Gasteiger partial charge >= 0.3 is 0 Å². The smallest absolute Gasteiger partial charge is 0.0715 e. The van der Waals surface area contributed by atoms with Crippen LogP contribution in [0.15, 0.2) is 48.6 Å². The molecule has 0 radical (unpaired) electrons. The molecule has 1 heterocycles. The fraction of sp³-hybridized carbons (Fsp3) is 0.250. The van der Waals surface area contributed by atoms with Crippen molar-refractivity contribution in [2.45, 2.75) is 25.3 Å². The quantitative estimate of drug-likeness (QED) is 0.846. The first-order chi connectivity index (χ1) is 11.6. The zero-order valence-corrected chi connectivity index (χ0v) is 14.0. The molecule has 0 amide bonds. The maximum atomic E-state index is 11.0. The molecule has 0 saturated carbocycles. The molecule has 3 nitrogen and oxygen atoms in total. The van der Waals surface area contributed by atoms with Crippen molar-refractivity contribution >= 4 is 23.3 Å². The molecule has 1 N–H and O–H groups in total. The lowest BCUT2D eigenvalue weighted by Crippen LogP contribution is -2.30. The molecule has 0 unspecified atom stereocenters. The molecule has 1 aliphatic heterocycles. The summed E-state index contributed by atoms with van der Waals surface area (Å²) in [5, 5.41) is 15.4. The minimum Gasteiger partial charge on any atom is -0.545 e. The van der Waals surface area contributed by atoms with Crippen molar-refractivity contribution in [3.05, 3.63) is 75.8 Å². The van der Waals surface area contributed by atoms with Gasteiger partial charge in [0.2, 0.25) is 0 Å². The summed E-state index contributed by atoms with van der Waals surface area (Å²) in [6.45, 7) is 2.08. The standard InChI is InChI=1S/C20H18ClNO2/c1-11-5-10-16(21)17-14-3-2-4-15(14)19(22-18(11)17)12-6-8-13(9-7-12)20(23)24/h2-3,5-10,14-15,19,22H,4H2,1H3,(H,23,24)/p-1/t14-,15-,19-/m1/s1. The molecule has 3 atom stereocenters. The third kappa shape index (κ3) is 2.31. The molecule has 0 bridgehead atoms. The van der Waals surface area contributed by atoms with Crippen LogP contribution in [-0.4, -0.2) is 5.97 Å². The molecule has 2 aromatic rings. The molecule has 0 aromatic heterocycles. The molecule has 2 aromatic carbocycles. The van der Waals surface area contributed by atoms with Gasteiger partial charge in [0.25, 0.3) is 0 Å². The van der Waals surface area contributed by atoms with Crippen molar-refractivity contribution in [2.75, 3.05) is 5.32 Å². The van der Waals surface area contributed by atoms with E-state index < -0.39 is 5.97 Å². The molecule has 1 aliphatic carbocycles. The number of nitrogens with one attached hydrogen (secondary N) is 1. The van der Waals surface area contributed by atoms with E-state index in [2.05, 4.69) is 24.4 Å². The minimum absolute atomic E-state index is 0.130. The second-order valence-corrected chi connectivity index (χ2v) is 6.95. The van der Waals surface area contributed by atoms with E-state index in [1.807, 2.05) is 24.3 Å². The number of rotatable bonds is 2. The van der Waals surface area contributed by atoms with Gasteiger partial charge in [-0.2, -0.15) is 0 Å². The largest absolute Gasteiger partial charge is 0.545 e. The van der Waals surface area contributed by atoms with Crippen LogP contribution in [0.4, 0.5) is 5.69 Å². The summed E-state index contributed by atoms with van der Waals surface area (Å²) in [6, 6.07) is 11.1. The second kappa shape index (κ2) is 5.67. The van der Waals surface area contributed by atoms with Crippen LogP contribution in [0, 0.1) is 12.8 Å². The number of carboxylic acid groups (broad SMARTS) is 1. The average molecular weight is 339 g/mol. The monoisotopic (exact) mass is 338 g/mol. The maximum absolute atomic E-state index is 11.0. The lowest BCUT2D eigenvalue weighted by Gasteiger charge is -2.38. The highest BCUT2D eigenvalue weighted by atomic mass is 35.5. The molecule has 4 heteroatoms. The van der Waals surface area contributed by atoms with Gasteiger partial charge in [-0.25, -0.2) is 0 Å². The van der Waals surface area contributed by atoms with Gasteiger partial charge in [0.1, 0.15) is 0 Å². The Balaban J connectivity index is 1.78. The average Bonchev–Trinajstić information content (AvgIpc) is 3.07. The molecule has 4 rings (SSSR count). The number of carboxylic acids is 1. The molecule has 2 aliphatic rings. The van der Waals surface area contributed by atoms with Crippen LogP contribution in [0.1, 0.15) is 45.4 Å². The number of aryl methyl sites for hydroxylation is 1. The molecule has 24 heavy (non-hydrogen) atoms. The van der Waals surface area contributed by atoms with Crippen LogP contribution >= 0.6 is 11.6 Å². The van der Waals surface area contributed by atoms with Gasteiger partial charge in [0.05, 0.1) is 12.0 Å². The highest BCUT2D eigenvalue weighted by molar-refractivity contribution is 6.32. The van der Waals surface area contributed by atoms with Crippen LogP contribution < -0.4 is 10.4 Å². The number of benzene rings is 2. The van der Waals surface area contributed by atoms with Crippen LogP contribution in [0.25, 0.3) is 0 Å². The van der Waals surface area contributed by atoms with E-state index in [1.165, 1.54) is 11.1 Å². The van der Waals surface area contributed by atoms with E-state index in [1.54, 1.807) is 12.1 Å². The fourth-order valence-corrected chi connectivity index (χ4v) is 4.25. The third-order valence-corrected chi connectivity index (χ3v) is 5.51. The van der Waals surface area contributed by atoms with Gasteiger partial charge in [-0.15, -0.1) is 0 Å². The molecular formula is C20H17ClNO2-. The predicted molar refractivity (Wildman–Crippen MR) is 93.3 cm³/mol. The van der Waals surface area contributed by atoms with Crippen molar-refractivity contribution in [2.24, 2.45) is 5.92 Å². The summed E-state index contributed by atoms with van der Waals surface area (Å²) >= 11 is 6.48.